The number of rotatable bonds is 4. The fraction of sp³-hybridized carbons (Fsp3) is 0.400. The first-order valence-corrected chi connectivity index (χ1v) is 7.10. The molecule has 22 heavy (non-hydrogen) atoms. The van der Waals surface area contributed by atoms with Gasteiger partial charge in [-0.2, -0.15) is 4.98 Å². The van der Waals surface area contributed by atoms with Gasteiger partial charge in [-0.1, -0.05) is 0 Å². The van der Waals surface area contributed by atoms with E-state index in [1.165, 1.54) is 25.8 Å². The summed E-state index contributed by atoms with van der Waals surface area (Å²) >= 11 is 0. The van der Waals surface area contributed by atoms with Crippen molar-refractivity contribution in [2.45, 2.75) is 18.9 Å². The van der Waals surface area contributed by atoms with Gasteiger partial charge in [0.1, 0.15) is 12.4 Å². The third kappa shape index (κ3) is 3.19. The maximum absolute atomic E-state index is 12.3. The SMILES string of the molecule is COc1cncc(O[C@H]2CCCN(C(=O)c3ccoc3)C2)n1. The van der Waals surface area contributed by atoms with Gasteiger partial charge in [0.25, 0.3) is 5.91 Å². The molecule has 1 aliphatic rings. The predicted octanol–water partition coefficient (Wildman–Crippen LogP) is 1.76. The van der Waals surface area contributed by atoms with E-state index in [9.17, 15) is 4.79 Å². The number of piperidine rings is 1. The van der Waals surface area contributed by atoms with Crippen LogP contribution < -0.4 is 9.47 Å². The van der Waals surface area contributed by atoms with Crippen molar-refractivity contribution in [2.24, 2.45) is 0 Å². The highest BCUT2D eigenvalue weighted by Gasteiger charge is 2.26. The lowest BCUT2D eigenvalue weighted by Crippen LogP contribution is -2.44. The highest BCUT2D eigenvalue weighted by atomic mass is 16.5. The van der Waals surface area contributed by atoms with E-state index in [-0.39, 0.29) is 12.0 Å². The van der Waals surface area contributed by atoms with Crippen molar-refractivity contribution in [3.63, 3.8) is 0 Å². The number of amides is 1. The molecule has 1 saturated heterocycles. The monoisotopic (exact) mass is 303 g/mol. The third-order valence-electron chi connectivity index (χ3n) is 3.52. The molecule has 0 saturated carbocycles. The summed E-state index contributed by atoms with van der Waals surface area (Å²) in [6.07, 6.45) is 7.66. The largest absolute Gasteiger partial charge is 0.480 e. The van der Waals surface area contributed by atoms with Crippen LogP contribution >= 0.6 is 0 Å². The fourth-order valence-corrected chi connectivity index (χ4v) is 2.44. The zero-order chi connectivity index (χ0) is 15.4. The molecular weight excluding hydrogens is 286 g/mol. The Morgan fingerprint density at radius 3 is 3.05 bits per heavy atom. The molecular formula is C15H17N3O4. The van der Waals surface area contributed by atoms with Gasteiger partial charge >= 0.3 is 0 Å². The molecule has 2 aromatic heterocycles. The van der Waals surface area contributed by atoms with Gasteiger partial charge in [0.15, 0.2) is 0 Å². The first kappa shape index (κ1) is 14.4. The second-order valence-corrected chi connectivity index (χ2v) is 5.04. The topological polar surface area (TPSA) is 77.7 Å². The summed E-state index contributed by atoms with van der Waals surface area (Å²) in [5, 5.41) is 0. The van der Waals surface area contributed by atoms with Crippen LogP contribution in [0.4, 0.5) is 0 Å². The Bertz CT molecular complexity index is 629. The molecule has 0 radical (unpaired) electrons. The standard InChI is InChI=1S/C15H17N3O4/c1-20-13-7-16-8-14(17-13)22-12-3-2-5-18(9-12)15(19)11-4-6-21-10-11/h4,6-8,10,12H,2-3,5,9H2,1H3/t12-/m0/s1. The Labute approximate surface area is 127 Å². The number of carbonyl (C=O) groups is 1. The fourth-order valence-electron chi connectivity index (χ4n) is 2.44. The minimum atomic E-state index is -0.106. The number of furan rings is 1. The van der Waals surface area contributed by atoms with Gasteiger partial charge in [-0.3, -0.25) is 9.78 Å². The Morgan fingerprint density at radius 2 is 2.27 bits per heavy atom. The normalized spacial score (nSPS) is 18.0. The number of methoxy groups -OCH3 is 1. The Balaban J connectivity index is 1.64. The van der Waals surface area contributed by atoms with Crippen molar-refractivity contribution in [2.75, 3.05) is 20.2 Å². The van der Waals surface area contributed by atoms with Crippen LogP contribution in [-0.2, 0) is 0 Å². The van der Waals surface area contributed by atoms with Crippen molar-refractivity contribution < 1.29 is 18.7 Å². The second-order valence-electron chi connectivity index (χ2n) is 5.04. The van der Waals surface area contributed by atoms with Gasteiger partial charge in [-0.05, 0) is 18.9 Å². The Kier molecular flexibility index (Phi) is 4.22. The van der Waals surface area contributed by atoms with E-state index >= 15 is 0 Å². The van der Waals surface area contributed by atoms with E-state index in [2.05, 4.69) is 9.97 Å². The van der Waals surface area contributed by atoms with Gasteiger partial charge in [0.2, 0.25) is 11.8 Å². The molecule has 1 aliphatic heterocycles. The summed E-state index contributed by atoms with van der Waals surface area (Å²) in [6, 6.07) is 1.67. The maximum atomic E-state index is 12.3. The first-order chi connectivity index (χ1) is 10.8. The summed E-state index contributed by atoms with van der Waals surface area (Å²) in [4.78, 5) is 22.3. The molecule has 2 aromatic rings. The van der Waals surface area contributed by atoms with Crippen LogP contribution in [0.2, 0.25) is 0 Å². The van der Waals surface area contributed by atoms with Crippen molar-refractivity contribution in [1.82, 2.24) is 14.9 Å². The van der Waals surface area contributed by atoms with Gasteiger partial charge in [0.05, 0.1) is 37.9 Å². The number of aromatic nitrogens is 2. The molecule has 7 nitrogen and oxygen atoms in total. The van der Waals surface area contributed by atoms with Gasteiger partial charge in [0, 0.05) is 6.54 Å². The number of nitrogens with zero attached hydrogens (tertiary/aromatic N) is 3. The molecule has 7 heteroatoms. The van der Waals surface area contributed by atoms with Crippen LogP contribution in [0.5, 0.6) is 11.8 Å². The molecule has 0 spiro atoms. The predicted molar refractivity (Wildman–Crippen MR) is 76.8 cm³/mol. The number of ether oxygens (including phenoxy) is 2. The van der Waals surface area contributed by atoms with E-state index in [4.69, 9.17) is 13.9 Å². The van der Waals surface area contributed by atoms with Crippen LogP contribution in [0.3, 0.4) is 0 Å². The van der Waals surface area contributed by atoms with Crippen LogP contribution in [0.15, 0.2) is 35.4 Å². The highest BCUT2D eigenvalue weighted by molar-refractivity contribution is 5.93. The van der Waals surface area contributed by atoms with Crippen molar-refractivity contribution in [1.29, 1.82) is 0 Å². The summed E-state index contributed by atoms with van der Waals surface area (Å²) < 4.78 is 15.8. The van der Waals surface area contributed by atoms with Crippen LogP contribution in [-0.4, -0.2) is 47.1 Å². The molecule has 116 valence electrons. The number of hydrogen-bond donors (Lipinski definition) is 0. The highest BCUT2D eigenvalue weighted by Crippen LogP contribution is 2.19. The summed E-state index contributed by atoms with van der Waals surface area (Å²) in [5.74, 6) is 0.764. The number of hydrogen-bond acceptors (Lipinski definition) is 6. The molecule has 0 aromatic carbocycles. The lowest BCUT2D eigenvalue weighted by molar-refractivity contribution is 0.0524. The molecule has 0 aliphatic carbocycles. The number of likely N-dealkylation sites (tertiary alicyclic amines) is 1. The molecule has 0 unspecified atom stereocenters. The van der Waals surface area contributed by atoms with Crippen molar-refractivity contribution in [3.8, 4) is 11.8 Å². The van der Waals surface area contributed by atoms with Crippen LogP contribution in [0.1, 0.15) is 23.2 Å². The van der Waals surface area contributed by atoms with Gasteiger partial charge in [-0.15, -0.1) is 0 Å². The summed E-state index contributed by atoms with van der Waals surface area (Å²) in [7, 11) is 1.53. The summed E-state index contributed by atoms with van der Waals surface area (Å²) in [6.45, 7) is 1.23. The van der Waals surface area contributed by atoms with Crippen molar-refractivity contribution in [3.05, 3.63) is 36.5 Å². The Hall–Kier alpha value is -2.57. The minimum absolute atomic E-state index is 0.0428. The lowest BCUT2D eigenvalue weighted by Gasteiger charge is -2.32. The average molecular weight is 303 g/mol. The maximum Gasteiger partial charge on any atom is 0.257 e. The van der Waals surface area contributed by atoms with Crippen LogP contribution in [0.25, 0.3) is 0 Å². The van der Waals surface area contributed by atoms with Crippen molar-refractivity contribution >= 4 is 5.91 Å². The Morgan fingerprint density at radius 1 is 1.41 bits per heavy atom. The molecule has 0 bridgehead atoms. The second kappa shape index (κ2) is 6.46. The van der Waals surface area contributed by atoms with E-state index in [0.717, 1.165) is 12.8 Å². The minimum Gasteiger partial charge on any atom is -0.480 e. The van der Waals surface area contributed by atoms with E-state index in [0.29, 0.717) is 30.4 Å². The molecule has 3 rings (SSSR count). The molecule has 1 fully saturated rings. The molecule has 3 heterocycles. The quantitative estimate of drug-likeness (QED) is 0.856. The summed E-state index contributed by atoms with van der Waals surface area (Å²) in [5.41, 5.74) is 0.557. The van der Waals surface area contributed by atoms with E-state index in [1.54, 1.807) is 17.2 Å². The zero-order valence-electron chi connectivity index (χ0n) is 12.3. The van der Waals surface area contributed by atoms with Gasteiger partial charge < -0.3 is 18.8 Å². The average Bonchev–Trinajstić information content (AvgIpc) is 3.09. The smallest absolute Gasteiger partial charge is 0.257 e. The lowest BCUT2D eigenvalue weighted by atomic mass is 10.1. The first-order valence-electron chi connectivity index (χ1n) is 7.10. The van der Waals surface area contributed by atoms with E-state index < -0.39 is 0 Å². The molecule has 0 N–H and O–H groups in total. The zero-order valence-corrected chi connectivity index (χ0v) is 12.3. The number of carbonyl (C=O) groups excluding carboxylic acids is 1. The third-order valence-corrected chi connectivity index (χ3v) is 3.52. The molecule has 1 amide bonds. The van der Waals surface area contributed by atoms with E-state index in [1.807, 2.05) is 0 Å². The molecule has 1 atom stereocenters. The van der Waals surface area contributed by atoms with Crippen LogP contribution in [0, 0.1) is 0 Å². The van der Waals surface area contributed by atoms with Gasteiger partial charge in [-0.25, -0.2) is 0 Å².